The summed E-state index contributed by atoms with van der Waals surface area (Å²) in [5.41, 5.74) is 3.80. The zero-order valence-corrected chi connectivity index (χ0v) is 14.5. The highest BCUT2D eigenvalue weighted by molar-refractivity contribution is 5.95. The normalized spacial score (nSPS) is 10.2. The molecule has 0 saturated heterocycles. The number of hydrogen-bond acceptors (Lipinski definition) is 3. The summed E-state index contributed by atoms with van der Waals surface area (Å²) in [5, 5.41) is 5.27. The van der Waals surface area contributed by atoms with E-state index in [-0.39, 0.29) is 24.8 Å². The molecule has 2 N–H and O–H groups in total. The van der Waals surface area contributed by atoms with Gasteiger partial charge in [0.25, 0.3) is 5.91 Å². The summed E-state index contributed by atoms with van der Waals surface area (Å²) in [5.74, 6) is -0.974. The molecule has 0 aliphatic rings. The van der Waals surface area contributed by atoms with E-state index in [1.165, 1.54) is 18.2 Å². The van der Waals surface area contributed by atoms with Crippen LogP contribution in [-0.2, 0) is 9.59 Å². The number of hydrogen-bond donors (Lipinski definition) is 2. The molecule has 0 aromatic heterocycles. The van der Waals surface area contributed by atoms with E-state index in [0.717, 1.165) is 22.4 Å². The van der Waals surface area contributed by atoms with Crippen molar-refractivity contribution in [3.63, 3.8) is 0 Å². The second-order valence-corrected chi connectivity index (χ2v) is 5.84. The summed E-state index contributed by atoms with van der Waals surface area (Å²) in [6.07, 6.45) is 0. The van der Waals surface area contributed by atoms with Crippen molar-refractivity contribution in [3.8, 4) is 5.75 Å². The fourth-order valence-corrected chi connectivity index (χ4v) is 2.50. The molecule has 132 valence electrons. The summed E-state index contributed by atoms with van der Waals surface area (Å²) < 4.78 is 18.2. The molecule has 0 unspecified atom stereocenters. The highest BCUT2D eigenvalue weighted by atomic mass is 19.1. The SMILES string of the molecule is Cc1cc(C)c(NC(=O)CNC(=O)COc2cccc(F)c2)c(C)c1. The molecule has 25 heavy (non-hydrogen) atoms. The largest absolute Gasteiger partial charge is 0.484 e. The first kappa shape index (κ1) is 18.4. The zero-order valence-electron chi connectivity index (χ0n) is 14.5. The standard InChI is InChI=1S/C19H21FN2O3/c1-12-7-13(2)19(14(3)8-12)22-17(23)10-21-18(24)11-25-16-6-4-5-15(20)9-16/h4-9H,10-11H2,1-3H3,(H,21,24)(H,22,23). The fourth-order valence-electron chi connectivity index (χ4n) is 2.50. The van der Waals surface area contributed by atoms with E-state index >= 15 is 0 Å². The summed E-state index contributed by atoms with van der Waals surface area (Å²) in [7, 11) is 0. The maximum atomic E-state index is 13.0. The van der Waals surface area contributed by atoms with Crippen LogP contribution in [0, 0.1) is 26.6 Å². The third-order valence-electron chi connectivity index (χ3n) is 3.55. The molecule has 0 bridgehead atoms. The number of benzene rings is 2. The molecule has 2 amide bonds. The fraction of sp³-hybridized carbons (Fsp3) is 0.263. The smallest absolute Gasteiger partial charge is 0.258 e. The van der Waals surface area contributed by atoms with Gasteiger partial charge in [0.15, 0.2) is 6.61 Å². The first-order valence-electron chi connectivity index (χ1n) is 7.88. The van der Waals surface area contributed by atoms with Crippen LogP contribution in [0.3, 0.4) is 0 Å². The lowest BCUT2D eigenvalue weighted by molar-refractivity contribution is -0.125. The van der Waals surface area contributed by atoms with Gasteiger partial charge in [-0.3, -0.25) is 9.59 Å². The monoisotopic (exact) mass is 344 g/mol. The molecule has 0 atom stereocenters. The highest BCUT2D eigenvalue weighted by Gasteiger charge is 2.10. The Labute approximate surface area is 146 Å². The van der Waals surface area contributed by atoms with Crippen LogP contribution in [0.15, 0.2) is 36.4 Å². The number of ether oxygens (including phenoxy) is 1. The summed E-state index contributed by atoms with van der Waals surface area (Å²) >= 11 is 0. The molecule has 0 spiro atoms. The Morgan fingerprint density at radius 3 is 2.36 bits per heavy atom. The van der Waals surface area contributed by atoms with Crippen LogP contribution < -0.4 is 15.4 Å². The van der Waals surface area contributed by atoms with E-state index < -0.39 is 11.7 Å². The number of halogens is 1. The number of carbonyl (C=O) groups excluding carboxylic acids is 2. The van der Waals surface area contributed by atoms with Crippen molar-refractivity contribution < 1.29 is 18.7 Å². The average molecular weight is 344 g/mol. The Morgan fingerprint density at radius 1 is 1.04 bits per heavy atom. The minimum absolute atomic E-state index is 0.169. The lowest BCUT2D eigenvalue weighted by Crippen LogP contribution is -2.36. The first-order valence-corrected chi connectivity index (χ1v) is 7.88. The van der Waals surface area contributed by atoms with Crippen molar-refractivity contribution in [2.45, 2.75) is 20.8 Å². The summed E-state index contributed by atoms with van der Waals surface area (Å²) in [4.78, 5) is 23.7. The second-order valence-electron chi connectivity index (χ2n) is 5.84. The summed E-state index contributed by atoms with van der Waals surface area (Å²) in [6, 6.07) is 9.46. The van der Waals surface area contributed by atoms with E-state index in [1.54, 1.807) is 6.07 Å². The van der Waals surface area contributed by atoms with Crippen molar-refractivity contribution in [2.24, 2.45) is 0 Å². The van der Waals surface area contributed by atoms with Gasteiger partial charge in [0, 0.05) is 11.8 Å². The molecule has 0 fully saturated rings. The highest BCUT2D eigenvalue weighted by Crippen LogP contribution is 2.21. The third kappa shape index (κ3) is 5.60. The summed E-state index contributed by atoms with van der Waals surface area (Å²) in [6.45, 7) is 5.36. The van der Waals surface area contributed by atoms with Crippen LogP contribution in [0.25, 0.3) is 0 Å². The minimum atomic E-state index is -0.461. The van der Waals surface area contributed by atoms with E-state index in [9.17, 15) is 14.0 Å². The zero-order chi connectivity index (χ0) is 18.4. The second kappa shape index (κ2) is 8.28. The van der Waals surface area contributed by atoms with E-state index in [1.807, 2.05) is 32.9 Å². The molecule has 2 aromatic rings. The minimum Gasteiger partial charge on any atom is -0.484 e. The maximum absolute atomic E-state index is 13.0. The Kier molecular flexibility index (Phi) is 6.11. The van der Waals surface area contributed by atoms with Gasteiger partial charge in [-0.1, -0.05) is 23.8 Å². The van der Waals surface area contributed by atoms with Gasteiger partial charge in [0.1, 0.15) is 11.6 Å². The predicted molar refractivity (Wildman–Crippen MR) is 94.2 cm³/mol. The van der Waals surface area contributed by atoms with Gasteiger partial charge in [-0.15, -0.1) is 0 Å². The number of amides is 2. The Bertz CT molecular complexity index is 767. The Balaban J connectivity index is 1.81. The maximum Gasteiger partial charge on any atom is 0.258 e. The number of aryl methyl sites for hydroxylation is 3. The topological polar surface area (TPSA) is 67.4 Å². The molecule has 0 aliphatic carbocycles. The van der Waals surface area contributed by atoms with Gasteiger partial charge in [-0.05, 0) is 44.0 Å². The van der Waals surface area contributed by atoms with Crippen LogP contribution in [0.5, 0.6) is 5.75 Å². The van der Waals surface area contributed by atoms with Gasteiger partial charge >= 0.3 is 0 Å². The molecule has 6 heteroatoms. The van der Waals surface area contributed by atoms with Crippen molar-refractivity contribution in [1.82, 2.24) is 5.32 Å². The Morgan fingerprint density at radius 2 is 1.72 bits per heavy atom. The van der Waals surface area contributed by atoms with Crippen molar-refractivity contribution in [3.05, 3.63) is 58.9 Å². The van der Waals surface area contributed by atoms with Gasteiger partial charge in [-0.25, -0.2) is 4.39 Å². The molecular formula is C19H21FN2O3. The quantitative estimate of drug-likeness (QED) is 0.847. The molecule has 0 aliphatic heterocycles. The van der Waals surface area contributed by atoms with Crippen molar-refractivity contribution in [2.75, 3.05) is 18.5 Å². The van der Waals surface area contributed by atoms with E-state index in [4.69, 9.17) is 4.74 Å². The molecular weight excluding hydrogens is 323 g/mol. The molecule has 0 radical (unpaired) electrons. The lowest BCUT2D eigenvalue weighted by Gasteiger charge is -2.13. The van der Waals surface area contributed by atoms with Crippen LogP contribution in [-0.4, -0.2) is 25.0 Å². The number of nitrogens with one attached hydrogen (secondary N) is 2. The molecule has 5 nitrogen and oxygen atoms in total. The lowest BCUT2D eigenvalue weighted by atomic mass is 10.1. The van der Waals surface area contributed by atoms with Crippen LogP contribution in [0.4, 0.5) is 10.1 Å². The van der Waals surface area contributed by atoms with Crippen LogP contribution in [0.2, 0.25) is 0 Å². The van der Waals surface area contributed by atoms with Gasteiger partial charge in [0.05, 0.1) is 6.54 Å². The first-order chi connectivity index (χ1) is 11.8. The van der Waals surface area contributed by atoms with Crippen molar-refractivity contribution in [1.29, 1.82) is 0 Å². The number of anilines is 1. The Hall–Kier alpha value is -2.89. The van der Waals surface area contributed by atoms with E-state index in [0.29, 0.717) is 0 Å². The van der Waals surface area contributed by atoms with Crippen molar-refractivity contribution >= 4 is 17.5 Å². The molecule has 2 rings (SSSR count). The van der Waals surface area contributed by atoms with E-state index in [2.05, 4.69) is 10.6 Å². The van der Waals surface area contributed by atoms with Crippen LogP contribution in [0.1, 0.15) is 16.7 Å². The van der Waals surface area contributed by atoms with Gasteiger partial charge in [0.2, 0.25) is 5.91 Å². The molecule has 0 saturated carbocycles. The predicted octanol–water partition coefficient (Wildman–Crippen LogP) is 2.88. The average Bonchev–Trinajstić information content (AvgIpc) is 2.54. The number of rotatable bonds is 6. The molecule has 2 aromatic carbocycles. The number of carbonyl (C=O) groups is 2. The van der Waals surface area contributed by atoms with Gasteiger partial charge in [-0.2, -0.15) is 0 Å². The van der Waals surface area contributed by atoms with Gasteiger partial charge < -0.3 is 15.4 Å². The molecule has 0 heterocycles. The van der Waals surface area contributed by atoms with Crippen LogP contribution >= 0.6 is 0 Å². The third-order valence-corrected chi connectivity index (χ3v) is 3.55.